The van der Waals surface area contributed by atoms with E-state index in [1.165, 1.54) is 5.56 Å². The van der Waals surface area contributed by atoms with Gasteiger partial charge in [0.15, 0.2) is 0 Å². The number of hydrogen-bond donors (Lipinski definition) is 1. The van der Waals surface area contributed by atoms with Crippen LogP contribution in [0.25, 0.3) is 0 Å². The second-order valence-electron chi connectivity index (χ2n) is 6.13. The zero-order chi connectivity index (χ0) is 13.7. The highest BCUT2D eigenvalue weighted by Crippen LogP contribution is 2.32. The van der Waals surface area contributed by atoms with E-state index in [9.17, 15) is 0 Å². The number of rotatable bonds is 6. The van der Waals surface area contributed by atoms with E-state index in [-0.39, 0.29) is 5.41 Å². The first kappa shape index (κ1) is 14.8. The van der Waals surface area contributed by atoms with Crippen molar-refractivity contribution in [2.24, 2.45) is 11.3 Å². The van der Waals surface area contributed by atoms with E-state index in [4.69, 9.17) is 16.3 Å². The molecule has 1 aliphatic heterocycles. The van der Waals surface area contributed by atoms with Crippen molar-refractivity contribution in [3.8, 4) is 0 Å². The van der Waals surface area contributed by atoms with E-state index < -0.39 is 0 Å². The molecule has 1 aromatic rings. The lowest BCUT2D eigenvalue weighted by atomic mass is 9.81. The van der Waals surface area contributed by atoms with E-state index in [0.29, 0.717) is 5.92 Å². The van der Waals surface area contributed by atoms with Gasteiger partial charge in [-0.05, 0) is 43.0 Å². The molecule has 1 aliphatic rings. The Balaban J connectivity index is 1.96. The van der Waals surface area contributed by atoms with Gasteiger partial charge in [0.1, 0.15) is 0 Å². The van der Waals surface area contributed by atoms with Crippen molar-refractivity contribution in [1.29, 1.82) is 0 Å². The smallest absolute Gasteiger partial charge is 0.0538 e. The quantitative estimate of drug-likeness (QED) is 0.861. The van der Waals surface area contributed by atoms with Gasteiger partial charge in [-0.3, -0.25) is 0 Å². The first-order valence-electron chi connectivity index (χ1n) is 7.13. The van der Waals surface area contributed by atoms with Crippen LogP contribution < -0.4 is 5.32 Å². The zero-order valence-corrected chi connectivity index (χ0v) is 12.7. The fraction of sp³-hybridized carbons (Fsp3) is 0.625. The summed E-state index contributed by atoms with van der Waals surface area (Å²) in [4.78, 5) is 0. The molecule has 1 atom stereocenters. The first-order chi connectivity index (χ1) is 9.10. The van der Waals surface area contributed by atoms with Crippen LogP contribution in [0.5, 0.6) is 0 Å². The molecule has 1 saturated heterocycles. The van der Waals surface area contributed by atoms with Crippen LogP contribution in [0.3, 0.4) is 0 Å². The fourth-order valence-electron chi connectivity index (χ4n) is 2.65. The normalized spacial score (nSPS) is 23.2. The van der Waals surface area contributed by atoms with Gasteiger partial charge in [-0.1, -0.05) is 37.6 Å². The second-order valence-corrected chi connectivity index (χ2v) is 6.57. The summed E-state index contributed by atoms with van der Waals surface area (Å²) in [5.74, 6) is 0.690. The van der Waals surface area contributed by atoms with Gasteiger partial charge in [0.25, 0.3) is 0 Å². The highest BCUT2D eigenvalue weighted by atomic mass is 35.5. The lowest BCUT2D eigenvalue weighted by Gasteiger charge is -2.28. The Morgan fingerprint density at radius 3 is 2.63 bits per heavy atom. The molecule has 0 aromatic heterocycles. The summed E-state index contributed by atoms with van der Waals surface area (Å²) in [5, 5.41) is 4.40. The predicted molar refractivity (Wildman–Crippen MR) is 80.7 cm³/mol. The summed E-state index contributed by atoms with van der Waals surface area (Å²) in [7, 11) is 0. The van der Waals surface area contributed by atoms with Crippen LogP contribution in [0, 0.1) is 11.3 Å². The summed E-state index contributed by atoms with van der Waals surface area (Å²) in [6.07, 6.45) is 2.20. The Morgan fingerprint density at radius 1 is 1.32 bits per heavy atom. The van der Waals surface area contributed by atoms with Gasteiger partial charge in [-0.15, -0.1) is 0 Å². The van der Waals surface area contributed by atoms with Crippen LogP contribution in [0.15, 0.2) is 24.3 Å². The molecular formula is C16H24ClNO. The van der Waals surface area contributed by atoms with Crippen LogP contribution in [-0.4, -0.2) is 26.3 Å². The van der Waals surface area contributed by atoms with E-state index in [2.05, 4.69) is 31.3 Å². The lowest BCUT2D eigenvalue weighted by molar-refractivity contribution is 0.148. The first-order valence-corrected chi connectivity index (χ1v) is 7.50. The van der Waals surface area contributed by atoms with Crippen molar-refractivity contribution < 1.29 is 4.74 Å². The molecule has 1 heterocycles. The topological polar surface area (TPSA) is 21.3 Å². The Labute approximate surface area is 121 Å². The number of halogens is 1. The number of benzene rings is 1. The van der Waals surface area contributed by atoms with Gasteiger partial charge < -0.3 is 10.1 Å². The molecule has 0 radical (unpaired) electrons. The highest BCUT2D eigenvalue weighted by Gasteiger charge is 2.34. The minimum atomic E-state index is 0.253. The molecule has 0 spiro atoms. The molecule has 1 aromatic carbocycles. The fourth-order valence-corrected chi connectivity index (χ4v) is 2.78. The van der Waals surface area contributed by atoms with Gasteiger partial charge in [-0.2, -0.15) is 0 Å². The molecule has 0 amide bonds. The molecule has 106 valence electrons. The van der Waals surface area contributed by atoms with Crippen molar-refractivity contribution in [2.75, 3.05) is 26.3 Å². The molecule has 19 heavy (non-hydrogen) atoms. The molecule has 3 heteroatoms. The van der Waals surface area contributed by atoms with Crippen molar-refractivity contribution in [3.05, 3.63) is 34.9 Å². The average molecular weight is 282 g/mol. The predicted octanol–water partition coefficient (Wildman–Crippen LogP) is 3.53. The molecule has 0 saturated carbocycles. The van der Waals surface area contributed by atoms with E-state index >= 15 is 0 Å². The molecule has 1 N–H and O–H groups in total. The van der Waals surface area contributed by atoms with Gasteiger partial charge in [-0.25, -0.2) is 0 Å². The summed E-state index contributed by atoms with van der Waals surface area (Å²) in [6.45, 7) is 8.34. The van der Waals surface area contributed by atoms with Gasteiger partial charge in [0, 0.05) is 23.6 Å². The third kappa shape index (κ3) is 4.48. The second kappa shape index (κ2) is 6.74. The maximum atomic E-state index is 5.94. The van der Waals surface area contributed by atoms with E-state index in [1.807, 2.05) is 12.1 Å². The summed E-state index contributed by atoms with van der Waals surface area (Å²) in [5.41, 5.74) is 1.60. The van der Waals surface area contributed by atoms with Crippen molar-refractivity contribution in [1.82, 2.24) is 5.32 Å². The molecule has 0 aliphatic carbocycles. The van der Waals surface area contributed by atoms with Crippen molar-refractivity contribution in [2.45, 2.75) is 26.7 Å². The lowest BCUT2D eigenvalue weighted by Crippen LogP contribution is -2.38. The monoisotopic (exact) mass is 281 g/mol. The standard InChI is InChI=1S/C16H24ClNO/c1-13(2)10-18-11-16(7-8-19-12-16)9-14-3-5-15(17)6-4-14/h3-6,13,18H,7-12H2,1-2H3. The Hall–Kier alpha value is -0.570. The summed E-state index contributed by atoms with van der Waals surface area (Å²) in [6, 6.07) is 8.21. The molecule has 1 fully saturated rings. The van der Waals surface area contributed by atoms with Crippen LogP contribution >= 0.6 is 11.6 Å². The van der Waals surface area contributed by atoms with E-state index in [0.717, 1.165) is 44.2 Å². The van der Waals surface area contributed by atoms with Crippen LogP contribution in [0.2, 0.25) is 5.02 Å². The van der Waals surface area contributed by atoms with Crippen molar-refractivity contribution in [3.63, 3.8) is 0 Å². The Kier molecular flexibility index (Phi) is 5.26. The molecule has 2 nitrogen and oxygen atoms in total. The SMILES string of the molecule is CC(C)CNCC1(Cc2ccc(Cl)cc2)CCOC1. The largest absolute Gasteiger partial charge is 0.381 e. The van der Waals surface area contributed by atoms with Gasteiger partial charge in [0.05, 0.1) is 6.61 Å². The minimum absolute atomic E-state index is 0.253. The van der Waals surface area contributed by atoms with Crippen LogP contribution in [0.4, 0.5) is 0 Å². The molecule has 2 rings (SSSR count). The number of hydrogen-bond acceptors (Lipinski definition) is 2. The Bertz CT molecular complexity index is 382. The zero-order valence-electron chi connectivity index (χ0n) is 11.9. The van der Waals surface area contributed by atoms with Crippen molar-refractivity contribution >= 4 is 11.6 Å². The maximum Gasteiger partial charge on any atom is 0.0538 e. The molecular weight excluding hydrogens is 258 g/mol. The van der Waals surface area contributed by atoms with E-state index in [1.54, 1.807) is 0 Å². The maximum absolute atomic E-state index is 5.94. The van der Waals surface area contributed by atoms with Crippen LogP contribution in [0.1, 0.15) is 25.8 Å². The third-order valence-corrected chi connectivity index (χ3v) is 3.98. The summed E-state index contributed by atoms with van der Waals surface area (Å²) >= 11 is 5.94. The minimum Gasteiger partial charge on any atom is -0.381 e. The number of ether oxygens (including phenoxy) is 1. The third-order valence-electron chi connectivity index (χ3n) is 3.73. The van der Waals surface area contributed by atoms with Gasteiger partial charge >= 0.3 is 0 Å². The van der Waals surface area contributed by atoms with Crippen LogP contribution in [-0.2, 0) is 11.2 Å². The van der Waals surface area contributed by atoms with Gasteiger partial charge in [0.2, 0.25) is 0 Å². The summed E-state index contributed by atoms with van der Waals surface area (Å²) < 4.78 is 5.65. The number of nitrogens with one attached hydrogen (secondary N) is 1. The average Bonchev–Trinajstić information content (AvgIpc) is 2.81. The molecule has 0 bridgehead atoms. The molecule has 1 unspecified atom stereocenters. The Morgan fingerprint density at radius 2 is 2.05 bits per heavy atom. The highest BCUT2D eigenvalue weighted by molar-refractivity contribution is 6.30.